The van der Waals surface area contributed by atoms with Crippen LogP contribution in [0.2, 0.25) is 0 Å². The van der Waals surface area contributed by atoms with E-state index in [1.807, 2.05) is 24.3 Å². The molecule has 0 spiro atoms. The number of halogens is 2. The first-order valence-corrected chi connectivity index (χ1v) is 11.7. The third kappa shape index (κ3) is 7.02. The molecule has 4 heteroatoms. The fourth-order valence-electron chi connectivity index (χ4n) is 3.84. The van der Waals surface area contributed by atoms with E-state index in [0.717, 1.165) is 29.2 Å². The van der Waals surface area contributed by atoms with Crippen molar-refractivity contribution in [3.63, 3.8) is 0 Å². The summed E-state index contributed by atoms with van der Waals surface area (Å²) in [5.74, 6) is 12.1. The van der Waals surface area contributed by atoms with Gasteiger partial charge in [-0.25, -0.2) is 8.78 Å². The van der Waals surface area contributed by atoms with Crippen molar-refractivity contribution in [1.82, 2.24) is 0 Å². The Kier molecular flexibility index (Phi) is 8.98. The molecule has 0 unspecified atom stereocenters. The Bertz CT molecular complexity index is 1090. The third-order valence-corrected chi connectivity index (χ3v) is 6.31. The zero-order valence-electron chi connectivity index (χ0n) is 18.1. The van der Waals surface area contributed by atoms with Crippen LogP contribution in [-0.2, 0) is 0 Å². The van der Waals surface area contributed by atoms with Crippen molar-refractivity contribution < 1.29 is 8.78 Å². The minimum absolute atomic E-state index is 0.229. The lowest BCUT2D eigenvalue weighted by Gasteiger charge is -2.25. The lowest BCUT2D eigenvalue weighted by Crippen LogP contribution is -2.13. The third-order valence-electron chi connectivity index (χ3n) is 5.63. The number of nitrogens with zero attached hydrogens (tertiary/aromatic N) is 1. The van der Waals surface area contributed by atoms with Crippen LogP contribution >= 0.6 is 11.8 Å². The molecule has 1 saturated carbocycles. The zero-order valence-corrected chi connectivity index (χ0v) is 18.9. The average molecular weight is 446 g/mol. The van der Waals surface area contributed by atoms with Gasteiger partial charge in [0.15, 0.2) is 0 Å². The Morgan fingerprint density at radius 2 is 1.53 bits per heavy atom. The molecule has 0 bridgehead atoms. The highest BCUT2D eigenvalue weighted by Crippen LogP contribution is 2.31. The molecule has 0 N–H and O–H groups in total. The van der Waals surface area contributed by atoms with Crippen LogP contribution in [-0.4, -0.2) is 0 Å². The van der Waals surface area contributed by atoms with Gasteiger partial charge in [-0.15, -0.1) is 0 Å². The molecular weight excluding hydrogens is 420 g/mol. The van der Waals surface area contributed by atoms with E-state index in [1.165, 1.54) is 38.5 Å². The van der Waals surface area contributed by atoms with E-state index >= 15 is 0 Å². The van der Waals surface area contributed by atoms with Crippen molar-refractivity contribution in [3.05, 3.63) is 76.9 Å². The molecule has 2 aromatic rings. The van der Waals surface area contributed by atoms with Crippen molar-refractivity contribution in [2.75, 3.05) is 0 Å². The van der Waals surface area contributed by atoms with E-state index < -0.39 is 11.6 Å². The molecule has 0 heterocycles. The van der Waals surface area contributed by atoms with Gasteiger partial charge in [-0.05, 0) is 99.5 Å². The number of nitriles is 1. The van der Waals surface area contributed by atoms with Crippen LogP contribution in [0, 0.1) is 57.8 Å². The standard InChI is InChI=1S/C28H25F2NS/c1-2-3-4-5-21-6-8-22(9-7-21)10-11-23-12-14-24(15-13-23)16-17-25-18-26(29)28(32-20-31)27(30)19-25/h2-3,12-15,18-19,21-22H,4-9H2,1H3/b3-2+. The summed E-state index contributed by atoms with van der Waals surface area (Å²) >= 11 is 0.464. The lowest BCUT2D eigenvalue weighted by atomic mass is 9.80. The summed E-state index contributed by atoms with van der Waals surface area (Å²) in [6.45, 7) is 2.07. The van der Waals surface area contributed by atoms with Crippen molar-refractivity contribution in [1.29, 1.82) is 5.26 Å². The van der Waals surface area contributed by atoms with Crippen LogP contribution in [0.4, 0.5) is 8.78 Å². The van der Waals surface area contributed by atoms with Crippen LogP contribution in [0.3, 0.4) is 0 Å². The van der Waals surface area contributed by atoms with Crippen LogP contribution < -0.4 is 0 Å². The van der Waals surface area contributed by atoms with Gasteiger partial charge < -0.3 is 0 Å². The lowest BCUT2D eigenvalue weighted by molar-refractivity contribution is 0.303. The summed E-state index contributed by atoms with van der Waals surface area (Å²) in [5.41, 5.74) is 1.92. The van der Waals surface area contributed by atoms with Crippen LogP contribution in [0.1, 0.15) is 62.1 Å². The van der Waals surface area contributed by atoms with Gasteiger partial charge in [-0.3, -0.25) is 0 Å². The highest BCUT2D eigenvalue weighted by Gasteiger charge is 2.19. The molecule has 1 nitrogen and oxygen atoms in total. The molecular formula is C28H25F2NS. The summed E-state index contributed by atoms with van der Waals surface area (Å²) in [6.07, 6.45) is 11.7. The Morgan fingerprint density at radius 3 is 2.12 bits per heavy atom. The SMILES string of the molecule is C/C=C/CCC1CCC(C#Cc2ccc(C#Cc3cc(F)c(SC#N)c(F)c3)cc2)CC1. The van der Waals surface area contributed by atoms with Gasteiger partial charge in [0, 0.05) is 22.6 Å². The molecule has 0 aliphatic heterocycles. The highest BCUT2D eigenvalue weighted by molar-refractivity contribution is 8.03. The summed E-state index contributed by atoms with van der Waals surface area (Å²) < 4.78 is 27.8. The van der Waals surface area contributed by atoms with Gasteiger partial charge in [0.2, 0.25) is 0 Å². The monoisotopic (exact) mass is 445 g/mol. The topological polar surface area (TPSA) is 23.8 Å². The number of rotatable bonds is 4. The minimum Gasteiger partial charge on any atom is -0.206 e. The molecule has 1 aliphatic carbocycles. The largest absolute Gasteiger partial charge is 0.206 e. The molecule has 0 saturated heterocycles. The van der Waals surface area contributed by atoms with Gasteiger partial charge >= 0.3 is 0 Å². The average Bonchev–Trinajstić information content (AvgIpc) is 2.80. The normalized spacial score (nSPS) is 17.7. The molecule has 2 aromatic carbocycles. The number of hydrogen-bond acceptors (Lipinski definition) is 2. The molecule has 0 amide bonds. The van der Waals surface area contributed by atoms with Gasteiger partial charge in [0.05, 0.1) is 4.90 Å². The fourth-order valence-corrected chi connectivity index (χ4v) is 4.24. The molecule has 3 rings (SSSR count). The smallest absolute Gasteiger partial charge is 0.142 e. The van der Waals surface area contributed by atoms with Crippen LogP contribution in [0.25, 0.3) is 0 Å². The Hall–Kier alpha value is -3.00. The first-order valence-electron chi connectivity index (χ1n) is 10.9. The molecule has 32 heavy (non-hydrogen) atoms. The first kappa shape index (κ1) is 23.7. The minimum atomic E-state index is -0.779. The number of allylic oxidation sites excluding steroid dienone is 2. The van der Waals surface area contributed by atoms with E-state index in [2.05, 4.69) is 42.8 Å². The second kappa shape index (κ2) is 12.1. The Morgan fingerprint density at radius 1 is 0.938 bits per heavy atom. The maximum absolute atomic E-state index is 13.9. The maximum Gasteiger partial charge on any atom is 0.142 e. The predicted octanol–water partition coefficient (Wildman–Crippen LogP) is 7.45. The number of thioether (sulfide) groups is 1. The van der Waals surface area contributed by atoms with Crippen molar-refractivity contribution >= 4 is 11.8 Å². The van der Waals surface area contributed by atoms with Crippen LogP contribution in [0.5, 0.6) is 0 Å². The summed E-state index contributed by atoms with van der Waals surface area (Å²) in [5, 5.41) is 10.3. The fraction of sp³-hybridized carbons (Fsp3) is 0.321. The van der Waals surface area contributed by atoms with Gasteiger partial charge in [0.1, 0.15) is 17.0 Å². The highest BCUT2D eigenvalue weighted by atomic mass is 32.2. The summed E-state index contributed by atoms with van der Waals surface area (Å²) in [6, 6.07) is 9.86. The molecule has 0 atom stereocenters. The maximum atomic E-state index is 13.9. The molecule has 0 radical (unpaired) electrons. The molecule has 162 valence electrons. The number of hydrogen-bond donors (Lipinski definition) is 0. The van der Waals surface area contributed by atoms with E-state index in [4.69, 9.17) is 5.26 Å². The van der Waals surface area contributed by atoms with Gasteiger partial charge in [-0.2, -0.15) is 5.26 Å². The number of benzene rings is 2. The second-order valence-electron chi connectivity index (χ2n) is 7.92. The Labute approximate surface area is 193 Å². The quantitative estimate of drug-likeness (QED) is 0.211. The zero-order chi connectivity index (χ0) is 22.8. The first-order chi connectivity index (χ1) is 15.6. The van der Waals surface area contributed by atoms with E-state index in [0.29, 0.717) is 17.7 Å². The Balaban J connectivity index is 1.57. The molecule has 1 fully saturated rings. The van der Waals surface area contributed by atoms with Crippen LogP contribution in [0.15, 0.2) is 53.4 Å². The van der Waals surface area contributed by atoms with Crippen molar-refractivity contribution in [3.8, 4) is 29.1 Å². The molecule has 0 aromatic heterocycles. The number of thiocyanates is 1. The predicted molar refractivity (Wildman–Crippen MR) is 127 cm³/mol. The van der Waals surface area contributed by atoms with Crippen molar-refractivity contribution in [2.24, 2.45) is 11.8 Å². The van der Waals surface area contributed by atoms with E-state index in [1.54, 1.807) is 5.40 Å². The summed E-state index contributed by atoms with van der Waals surface area (Å²) in [4.78, 5) is -0.303. The van der Waals surface area contributed by atoms with Gasteiger partial charge in [0.25, 0.3) is 0 Å². The molecule has 1 aliphatic rings. The van der Waals surface area contributed by atoms with E-state index in [-0.39, 0.29) is 10.5 Å². The van der Waals surface area contributed by atoms with Crippen molar-refractivity contribution in [2.45, 2.75) is 50.3 Å². The second-order valence-corrected chi connectivity index (χ2v) is 8.72. The van der Waals surface area contributed by atoms with E-state index in [9.17, 15) is 8.78 Å². The van der Waals surface area contributed by atoms with Gasteiger partial charge in [-0.1, -0.05) is 35.8 Å². The summed E-state index contributed by atoms with van der Waals surface area (Å²) in [7, 11) is 0.